The number of nitrogens with one attached hydrogen (secondary N) is 7. The number of anilines is 7. The van der Waals surface area contributed by atoms with Crippen molar-refractivity contribution in [1.82, 2.24) is 58.2 Å². The predicted molar refractivity (Wildman–Crippen MR) is 477 cm³/mol. The van der Waals surface area contributed by atoms with Crippen LogP contribution in [0.2, 0.25) is 0 Å². The number of nitrogens with two attached hydrogens (primary N) is 3. The van der Waals surface area contributed by atoms with Crippen molar-refractivity contribution in [1.29, 1.82) is 0 Å². The van der Waals surface area contributed by atoms with Crippen molar-refractivity contribution >= 4 is 187 Å². The highest BCUT2D eigenvalue weighted by Crippen LogP contribution is 2.47. The zero-order valence-electron chi connectivity index (χ0n) is 67.4. The summed E-state index contributed by atoms with van der Waals surface area (Å²) in [6, 6.07) is 21.2. The number of aryl methyl sites for hydroxylation is 1. The Morgan fingerprint density at radius 2 is 1.44 bits per heavy atom. The smallest absolute Gasteiger partial charge is 0.310 e. The summed E-state index contributed by atoms with van der Waals surface area (Å²) < 4.78 is 39.3. The Morgan fingerprint density at radius 1 is 0.750 bits per heavy atom. The highest BCUT2D eigenvalue weighted by atomic mass is 32.2. The molecule has 8 aliphatic rings. The fraction of sp³-hybridized carbons (Fsp3) is 0.358. The van der Waals surface area contributed by atoms with E-state index in [4.69, 9.17) is 31.9 Å². The minimum atomic E-state index is -3.55. The van der Waals surface area contributed by atoms with Gasteiger partial charge in [-0.3, -0.25) is 81.6 Å². The monoisotopic (exact) mass is 1810 g/mol. The van der Waals surface area contributed by atoms with Crippen molar-refractivity contribution in [2.45, 2.75) is 125 Å². The maximum atomic E-state index is 14.2. The number of rotatable bonds is 25. The molecule has 642 valence electrons. The summed E-state index contributed by atoms with van der Waals surface area (Å²) >= 11 is 6.95. The number of fused-ring (bicyclic) bond motifs is 4. The first kappa shape index (κ1) is 85.7. The van der Waals surface area contributed by atoms with Gasteiger partial charge in [0.25, 0.3) is 23.3 Å². The minimum Gasteiger partial charge on any atom is -0.465 e. The number of sulfone groups is 1. The van der Waals surface area contributed by atoms with Crippen LogP contribution in [0, 0.1) is 36.5 Å². The molecule has 10 aromatic rings. The normalized spacial score (nSPS) is 19.1. The van der Waals surface area contributed by atoms with Crippen LogP contribution in [0.25, 0.3) is 10.9 Å². The molecule has 6 aliphatic heterocycles. The lowest BCUT2D eigenvalue weighted by molar-refractivity contribution is -0.141. The van der Waals surface area contributed by atoms with Crippen LogP contribution in [0.1, 0.15) is 148 Å². The number of thiazole rings is 3. The van der Waals surface area contributed by atoms with Gasteiger partial charge in [-0.2, -0.15) is 0 Å². The fourth-order valence-electron chi connectivity index (χ4n) is 14.9. The van der Waals surface area contributed by atoms with Crippen LogP contribution in [0.5, 0.6) is 0 Å². The van der Waals surface area contributed by atoms with E-state index in [0.29, 0.717) is 146 Å². The fourth-order valence-corrected chi connectivity index (χ4v) is 21.3. The van der Waals surface area contributed by atoms with Crippen molar-refractivity contribution in [2.24, 2.45) is 49.9 Å². The number of carbonyl (C=O) groups excluding carboxylic acids is 7. The molecule has 14 heterocycles. The third kappa shape index (κ3) is 18.7. The van der Waals surface area contributed by atoms with Crippen molar-refractivity contribution in [3.63, 3.8) is 0 Å². The van der Waals surface area contributed by atoms with Gasteiger partial charge >= 0.3 is 5.97 Å². The Hall–Kier alpha value is -11.9. The number of hydrogen-bond donors (Lipinski definition) is 11. The van der Waals surface area contributed by atoms with Gasteiger partial charge in [-0.05, 0) is 143 Å². The standard InChI is InChI=1S/C31H34N8O2S2.C28H27N9O4S2.C22H23N7O6S3/c1-38(2)16-22-26(30(41)39-13-12-20-23(39)14-21(18-8-9-18)34-25(20)19-10-11-19)42-31(35-22)36-29-24(28(40)37-43-29)27(32)33-15-17-6-4-3-5-7-17;1-2-3-7-17-16-8-9-37(24(16)33-19(13-38)32-17)27(41)18-12-31-28(42-18)35-26-21(25(40)36-43-26)23(29)30-11-15-6-4-5-14-10-20(39)34-22(14)15;1-10-7-13-12(19(26-10)38(2,33)34)3-5-29(13)20(31)14-9-25-22(36-14)27-18-15(17(30)28-37-18)16(23)24-8-11-4-6-35-21(11)32/h3-7,12-14,18-19,24,29H,8-11,15-16H2,1-2H3,(H2,32,33)(H,35,36)(H,37,40);4-6,12,21,26,38H,7-11,13H2,1H3,(H2,29,30)(H,31,35)(H,34,39)(H,36,40);7,9,11H,3-6,8H2,1-2H3,(H2,23,24)(H,25,27)(H,28,30). The summed E-state index contributed by atoms with van der Waals surface area (Å²) in [6.07, 6.45) is 12.7. The van der Waals surface area contributed by atoms with E-state index < -0.39 is 38.0 Å². The highest BCUT2D eigenvalue weighted by molar-refractivity contribution is 7.99. The van der Waals surface area contributed by atoms with Crippen LogP contribution in [0.4, 0.5) is 37.6 Å². The van der Waals surface area contributed by atoms with E-state index >= 15 is 0 Å². The van der Waals surface area contributed by atoms with Crippen LogP contribution in [0.15, 0.2) is 110 Å². The Kier molecular flexibility index (Phi) is 25.2. The molecule has 18 rings (SSSR count). The van der Waals surface area contributed by atoms with E-state index in [9.17, 15) is 51.9 Å². The quantitative estimate of drug-likeness (QED) is 0.00880. The van der Waals surface area contributed by atoms with Crippen LogP contribution in [-0.4, -0.2) is 179 Å². The SMILES string of the molecule is CC#CCc1nc(CO)nc2c1CCN2C(=O)c1cnc(NC2SNC(=O)C2C(N)=NCc2cccc3c2NC(=O)C3)s1.CN(C)Cc1nc(NC2SNC(=O)C2C(N)=NCc2ccccc2)sc1C(=O)n1ccc2c(C3CC3)nc(C3CC3)cc21.Cc1cc2c(c(S(C)(=O)=O)n1)CCN2C(=O)c1cnc(Nc2s[nH]c(=O)c2C(N)=NCC2CCOC2=O)s1. The Morgan fingerprint density at radius 3 is 2.12 bits per heavy atom. The Labute approximate surface area is 734 Å². The molecule has 5 unspecified atom stereocenters. The van der Waals surface area contributed by atoms with Gasteiger partial charge in [0.2, 0.25) is 17.7 Å². The number of carbonyl (C=O) groups is 7. The van der Waals surface area contributed by atoms with Crippen LogP contribution in [0.3, 0.4) is 0 Å². The maximum absolute atomic E-state index is 14.2. The molecule has 3 saturated heterocycles. The van der Waals surface area contributed by atoms with E-state index in [2.05, 4.69) is 92.9 Å². The first-order valence-electron chi connectivity index (χ1n) is 39.5. The predicted octanol–water partition coefficient (Wildman–Crippen LogP) is 7.28. The molecule has 0 spiro atoms. The average Bonchev–Trinajstić information content (AvgIpc) is 1.60. The van der Waals surface area contributed by atoms with Gasteiger partial charge in [-0.25, -0.2) is 38.3 Å². The summed E-state index contributed by atoms with van der Waals surface area (Å²) in [6.45, 7) is 5.37. The summed E-state index contributed by atoms with van der Waals surface area (Å²) in [5, 5.41) is 24.0. The molecule has 5 amide bonds. The van der Waals surface area contributed by atoms with E-state index in [1.54, 1.807) is 29.4 Å². The number of amidine groups is 3. The number of H-pyrrole nitrogens is 1. The number of ether oxygens (including phenoxy) is 1. The number of hydrogen-bond acceptors (Lipinski definition) is 32. The van der Waals surface area contributed by atoms with Gasteiger partial charge < -0.3 is 58.1 Å². The number of aromatic amines is 1. The van der Waals surface area contributed by atoms with Crippen molar-refractivity contribution in [3.05, 3.63) is 178 Å². The molecule has 0 radical (unpaired) electrons. The zero-order valence-corrected chi connectivity index (χ0v) is 73.1. The van der Waals surface area contributed by atoms with Gasteiger partial charge in [0, 0.05) is 77.5 Å². The molecule has 2 aliphatic carbocycles. The number of amides is 5. The van der Waals surface area contributed by atoms with E-state index in [1.165, 1.54) is 40.6 Å². The van der Waals surface area contributed by atoms with Gasteiger partial charge in [-0.15, -0.1) is 5.92 Å². The topological polar surface area (TPSA) is 508 Å². The summed E-state index contributed by atoms with van der Waals surface area (Å²) in [5.74, 6) is 4.49. The second-order valence-electron chi connectivity index (χ2n) is 30.5. The number of nitrogens with zero attached hydrogens (tertiary/aromatic N) is 14. The second kappa shape index (κ2) is 36.5. The molecule has 2 aromatic carbocycles. The largest absolute Gasteiger partial charge is 0.465 e. The molecule has 5 fully saturated rings. The number of aliphatic hydroxyl groups excluding tert-OH is 1. The van der Waals surface area contributed by atoms with Gasteiger partial charge in [0.15, 0.2) is 36.1 Å². The number of pyridine rings is 2. The Balaban J connectivity index is 0.000000138. The van der Waals surface area contributed by atoms with Crippen molar-refractivity contribution < 1.29 is 51.8 Å². The molecule has 43 heteroatoms. The Bertz CT molecular complexity index is 6280. The third-order valence-electron chi connectivity index (χ3n) is 21.3. The number of benzene rings is 2. The number of aliphatic hydroxyl groups is 1. The molecule has 124 heavy (non-hydrogen) atoms. The molecule has 8 aromatic heterocycles. The third-order valence-corrected chi connectivity index (χ3v) is 27.9. The highest BCUT2D eigenvalue weighted by Gasteiger charge is 2.43. The number of cyclic esters (lactones) is 1. The molecular formula is C81H84N24O12S7. The number of aromatic nitrogens is 9. The zero-order chi connectivity index (χ0) is 86.9. The summed E-state index contributed by atoms with van der Waals surface area (Å²) in [5.41, 5.74) is 28.9. The van der Waals surface area contributed by atoms with Crippen LogP contribution in [-0.2, 0) is 85.7 Å². The molecule has 5 atom stereocenters. The van der Waals surface area contributed by atoms with Crippen molar-refractivity contribution in [2.75, 3.05) is 77.7 Å². The molecule has 0 bridgehead atoms. The van der Waals surface area contributed by atoms with Gasteiger partial charge in [0.1, 0.15) is 77.7 Å². The van der Waals surface area contributed by atoms with E-state index in [1.807, 2.05) is 79.8 Å². The lowest BCUT2D eigenvalue weighted by Crippen LogP contribution is -2.38. The molecular weight excluding hydrogens is 1730 g/mol. The first-order chi connectivity index (χ1) is 59.7. The molecule has 36 nitrogen and oxygen atoms in total. The molecule has 14 N–H and O–H groups in total. The lowest BCUT2D eigenvalue weighted by atomic mass is 10.1. The van der Waals surface area contributed by atoms with Crippen molar-refractivity contribution in [3.8, 4) is 11.8 Å². The van der Waals surface area contributed by atoms with Crippen LogP contribution < -0.4 is 63.3 Å². The van der Waals surface area contributed by atoms with E-state index in [-0.39, 0.29) is 101 Å². The lowest BCUT2D eigenvalue weighted by Gasteiger charge is -2.17. The maximum Gasteiger partial charge on any atom is 0.310 e. The number of esters is 1. The second-order valence-corrected chi connectivity index (χ2v) is 38.2. The average molecular weight is 1810 g/mol. The van der Waals surface area contributed by atoms with Gasteiger partial charge in [0.05, 0.1) is 85.7 Å². The van der Waals surface area contributed by atoms with Gasteiger partial charge in [-0.1, -0.05) is 88.5 Å². The number of para-hydroxylation sites is 1. The van der Waals surface area contributed by atoms with Crippen LogP contribution >= 0.6 is 69.4 Å². The summed E-state index contributed by atoms with van der Waals surface area (Å²) in [4.78, 5) is 153. The first-order valence-corrected chi connectivity index (χ1v) is 46.5. The molecule has 2 saturated carbocycles. The summed E-state index contributed by atoms with van der Waals surface area (Å²) in [7, 11) is 0.355. The van der Waals surface area contributed by atoms with E-state index in [0.717, 1.165) is 128 Å². The number of aliphatic imine (C=N–C) groups is 3. The minimum absolute atomic E-state index is 0.00608.